The number of nitrogens with zero attached hydrogens (tertiary/aromatic N) is 1. The minimum absolute atomic E-state index is 0.212. The molecule has 112 valence electrons. The van der Waals surface area contributed by atoms with Gasteiger partial charge in [0.05, 0.1) is 12.0 Å². The first-order valence-corrected chi connectivity index (χ1v) is 6.35. The number of rotatable bonds is 5. The number of carbonyl (C=O) groups is 1. The van der Waals surface area contributed by atoms with Gasteiger partial charge in [-0.05, 0) is 17.7 Å². The van der Waals surface area contributed by atoms with E-state index >= 15 is 0 Å². The van der Waals surface area contributed by atoms with Crippen LogP contribution in [0.2, 0.25) is 0 Å². The molecule has 2 aromatic rings. The van der Waals surface area contributed by atoms with Crippen LogP contribution in [0.25, 0.3) is 6.08 Å². The van der Waals surface area contributed by atoms with Crippen molar-refractivity contribution in [3.8, 4) is 11.5 Å². The van der Waals surface area contributed by atoms with Crippen molar-refractivity contribution in [3.05, 3.63) is 69.8 Å². The number of methoxy groups -OCH3 is 1. The maximum Gasteiger partial charge on any atom is 0.315 e. The summed E-state index contributed by atoms with van der Waals surface area (Å²) in [6, 6.07) is 11.1. The number of ether oxygens (including phenoxy) is 1. The van der Waals surface area contributed by atoms with Crippen LogP contribution in [0.15, 0.2) is 48.5 Å². The second-order valence-corrected chi connectivity index (χ2v) is 4.41. The summed E-state index contributed by atoms with van der Waals surface area (Å²) in [4.78, 5) is 22.2. The number of phenols is 1. The molecule has 0 heterocycles. The molecule has 0 radical (unpaired) electrons. The molecular formula is C16H13NO5. The van der Waals surface area contributed by atoms with Gasteiger partial charge in [0.15, 0.2) is 11.5 Å². The minimum Gasteiger partial charge on any atom is -0.504 e. The Bertz CT molecular complexity index is 738. The summed E-state index contributed by atoms with van der Waals surface area (Å²) in [5, 5.41) is 20.7. The average molecular weight is 299 g/mol. The van der Waals surface area contributed by atoms with E-state index in [1.165, 1.54) is 31.4 Å². The first-order valence-electron chi connectivity index (χ1n) is 6.35. The average Bonchev–Trinajstić information content (AvgIpc) is 2.52. The molecule has 22 heavy (non-hydrogen) atoms. The molecule has 0 bridgehead atoms. The van der Waals surface area contributed by atoms with Crippen molar-refractivity contribution < 1.29 is 19.6 Å². The summed E-state index contributed by atoms with van der Waals surface area (Å²) in [6.07, 6.45) is 2.70. The molecule has 0 amide bonds. The molecule has 0 aromatic heterocycles. The van der Waals surface area contributed by atoms with Gasteiger partial charge in [0.25, 0.3) is 0 Å². The zero-order chi connectivity index (χ0) is 16.1. The number of allylic oxidation sites excluding steroid dienone is 1. The summed E-state index contributed by atoms with van der Waals surface area (Å²) >= 11 is 0. The predicted octanol–water partition coefficient (Wildman–Crippen LogP) is 3.21. The molecule has 0 saturated carbocycles. The molecule has 0 fully saturated rings. The Morgan fingerprint density at radius 3 is 2.55 bits per heavy atom. The van der Waals surface area contributed by atoms with Gasteiger partial charge in [-0.25, -0.2) is 0 Å². The SMILES string of the molecule is COc1c(O)cc(/C=C/C(=O)c2ccccc2)cc1[N+](=O)[O-]. The van der Waals surface area contributed by atoms with Crippen molar-refractivity contribution in [2.24, 2.45) is 0 Å². The van der Waals surface area contributed by atoms with Crippen LogP contribution in [-0.4, -0.2) is 22.9 Å². The lowest BCUT2D eigenvalue weighted by Gasteiger charge is -2.05. The molecule has 0 saturated heterocycles. The van der Waals surface area contributed by atoms with E-state index in [0.717, 1.165) is 0 Å². The van der Waals surface area contributed by atoms with Gasteiger partial charge in [0.2, 0.25) is 5.75 Å². The van der Waals surface area contributed by atoms with Gasteiger partial charge < -0.3 is 9.84 Å². The second kappa shape index (κ2) is 6.53. The summed E-state index contributed by atoms with van der Waals surface area (Å²) in [7, 11) is 1.23. The van der Waals surface area contributed by atoms with Crippen molar-refractivity contribution in [3.63, 3.8) is 0 Å². The van der Waals surface area contributed by atoms with Crippen molar-refractivity contribution >= 4 is 17.5 Å². The molecule has 2 rings (SSSR count). The number of aromatic hydroxyl groups is 1. The zero-order valence-electron chi connectivity index (χ0n) is 11.7. The van der Waals surface area contributed by atoms with Crippen molar-refractivity contribution in [1.82, 2.24) is 0 Å². The van der Waals surface area contributed by atoms with E-state index in [1.54, 1.807) is 30.3 Å². The van der Waals surface area contributed by atoms with E-state index in [0.29, 0.717) is 11.1 Å². The summed E-state index contributed by atoms with van der Waals surface area (Å²) in [5.74, 6) is -0.807. The molecule has 0 unspecified atom stereocenters. The quantitative estimate of drug-likeness (QED) is 0.396. The standard InChI is InChI=1S/C16H13NO5/c1-22-16-13(17(20)21)9-11(10-15(16)19)7-8-14(18)12-5-3-2-4-6-12/h2-10,19H,1H3/b8-7+. The van der Waals surface area contributed by atoms with Gasteiger partial charge in [0.1, 0.15) is 0 Å². The molecule has 6 nitrogen and oxygen atoms in total. The van der Waals surface area contributed by atoms with Gasteiger partial charge in [-0.15, -0.1) is 0 Å². The largest absolute Gasteiger partial charge is 0.504 e. The third-order valence-corrected chi connectivity index (χ3v) is 2.96. The Morgan fingerprint density at radius 1 is 1.27 bits per heavy atom. The number of hydrogen-bond donors (Lipinski definition) is 1. The smallest absolute Gasteiger partial charge is 0.315 e. The fourth-order valence-corrected chi connectivity index (χ4v) is 1.93. The van der Waals surface area contributed by atoms with Crippen LogP contribution in [0.1, 0.15) is 15.9 Å². The van der Waals surface area contributed by atoms with Crippen molar-refractivity contribution in [2.45, 2.75) is 0 Å². The Kier molecular flexibility index (Phi) is 4.53. The number of carbonyl (C=O) groups excluding carboxylic acids is 1. The van der Waals surface area contributed by atoms with Gasteiger partial charge in [0, 0.05) is 11.6 Å². The summed E-state index contributed by atoms with van der Waals surface area (Å²) in [6.45, 7) is 0. The number of phenolic OH excluding ortho intramolecular Hbond substituents is 1. The number of benzene rings is 2. The molecule has 6 heteroatoms. The van der Waals surface area contributed by atoms with E-state index in [2.05, 4.69) is 0 Å². The van der Waals surface area contributed by atoms with Gasteiger partial charge in [-0.3, -0.25) is 14.9 Å². The summed E-state index contributed by atoms with van der Waals surface area (Å²) < 4.78 is 4.80. The van der Waals surface area contributed by atoms with Gasteiger partial charge in [-0.1, -0.05) is 36.4 Å². The number of nitro groups is 1. The summed E-state index contributed by atoms with van der Waals surface area (Å²) in [5.41, 5.74) is 0.467. The highest BCUT2D eigenvalue weighted by Gasteiger charge is 2.19. The van der Waals surface area contributed by atoms with E-state index in [4.69, 9.17) is 4.74 Å². The lowest BCUT2D eigenvalue weighted by molar-refractivity contribution is -0.385. The fraction of sp³-hybridized carbons (Fsp3) is 0.0625. The van der Waals surface area contributed by atoms with Crippen molar-refractivity contribution in [1.29, 1.82) is 0 Å². The van der Waals surface area contributed by atoms with Crippen LogP contribution in [0.4, 0.5) is 5.69 Å². The van der Waals surface area contributed by atoms with Crippen molar-refractivity contribution in [2.75, 3.05) is 7.11 Å². The van der Waals surface area contributed by atoms with Crippen LogP contribution in [0, 0.1) is 10.1 Å². The lowest BCUT2D eigenvalue weighted by Crippen LogP contribution is -1.95. The monoisotopic (exact) mass is 299 g/mol. The van der Waals surface area contributed by atoms with E-state index in [9.17, 15) is 20.0 Å². The Labute approximate surface area is 126 Å². The second-order valence-electron chi connectivity index (χ2n) is 4.41. The van der Waals surface area contributed by atoms with Gasteiger partial charge in [-0.2, -0.15) is 0 Å². The molecule has 1 N–H and O–H groups in total. The van der Waals surface area contributed by atoms with E-state index in [1.807, 2.05) is 0 Å². The predicted molar refractivity (Wildman–Crippen MR) is 81.1 cm³/mol. The number of hydrogen-bond acceptors (Lipinski definition) is 5. The molecule has 0 spiro atoms. The molecular weight excluding hydrogens is 286 g/mol. The number of ketones is 1. The topological polar surface area (TPSA) is 89.7 Å². The third kappa shape index (κ3) is 3.29. The van der Waals surface area contributed by atoms with Crippen LogP contribution >= 0.6 is 0 Å². The normalized spacial score (nSPS) is 10.6. The minimum atomic E-state index is -0.658. The lowest BCUT2D eigenvalue weighted by atomic mass is 10.1. The molecule has 0 aliphatic carbocycles. The van der Waals surface area contributed by atoms with E-state index in [-0.39, 0.29) is 23.0 Å². The molecule has 2 aromatic carbocycles. The third-order valence-electron chi connectivity index (χ3n) is 2.96. The van der Waals surface area contributed by atoms with Crippen LogP contribution in [0.5, 0.6) is 11.5 Å². The first-order chi connectivity index (χ1) is 10.5. The fourth-order valence-electron chi connectivity index (χ4n) is 1.93. The van der Waals surface area contributed by atoms with Crippen LogP contribution < -0.4 is 4.74 Å². The number of nitro benzene ring substituents is 1. The highest BCUT2D eigenvalue weighted by atomic mass is 16.6. The van der Waals surface area contributed by atoms with Crippen LogP contribution in [-0.2, 0) is 0 Å². The maximum atomic E-state index is 11.9. The first kappa shape index (κ1) is 15.2. The van der Waals surface area contributed by atoms with E-state index < -0.39 is 4.92 Å². The Hall–Kier alpha value is -3.15. The Balaban J connectivity index is 2.32. The zero-order valence-corrected chi connectivity index (χ0v) is 11.7. The highest BCUT2D eigenvalue weighted by molar-refractivity contribution is 6.06. The van der Waals surface area contributed by atoms with Gasteiger partial charge >= 0.3 is 5.69 Å². The molecule has 0 aliphatic rings. The molecule has 0 atom stereocenters. The van der Waals surface area contributed by atoms with Crippen LogP contribution in [0.3, 0.4) is 0 Å². The molecule has 0 aliphatic heterocycles. The maximum absolute atomic E-state index is 11.9. The Morgan fingerprint density at radius 2 is 1.95 bits per heavy atom. The highest BCUT2D eigenvalue weighted by Crippen LogP contribution is 2.37.